The van der Waals surface area contributed by atoms with E-state index >= 15 is 0 Å². The van der Waals surface area contributed by atoms with Crippen molar-refractivity contribution in [2.75, 3.05) is 27.2 Å². The number of rotatable bonds is 6. The molecule has 0 radical (unpaired) electrons. The fourth-order valence-corrected chi connectivity index (χ4v) is 4.95. The third-order valence-electron chi connectivity index (χ3n) is 6.66. The molecule has 41 heavy (non-hydrogen) atoms. The molecular weight excluding hydrogens is 520 g/mol. The van der Waals surface area contributed by atoms with Gasteiger partial charge < -0.3 is 19.3 Å². The molecule has 0 bridgehead atoms. The molecule has 1 atom stereocenters. The van der Waals surface area contributed by atoms with Crippen molar-refractivity contribution < 1.29 is 14.3 Å². The Morgan fingerprint density at radius 1 is 1.05 bits per heavy atom. The van der Waals surface area contributed by atoms with Crippen molar-refractivity contribution in [1.82, 2.24) is 23.9 Å². The molecule has 10 heteroatoms. The standard InChI is InChI=1S/C31H36N6O4/c1-31(2,3)41-30(39)35-19-9-10-23(20-35)36-26-17-18-32-28(33-21-34(4)5)27(26)37(29(36)38)22-13-15-25(16-14-22)40-24-11-7-6-8-12-24/h6-8,11-18,21,23H,9-10,19-20H2,1-5H3. The summed E-state index contributed by atoms with van der Waals surface area (Å²) in [6.07, 6.45) is 4.46. The summed E-state index contributed by atoms with van der Waals surface area (Å²) in [6.45, 7) is 6.51. The molecule has 10 nitrogen and oxygen atoms in total. The lowest BCUT2D eigenvalue weighted by molar-refractivity contribution is 0.0173. The van der Waals surface area contributed by atoms with E-state index in [-0.39, 0.29) is 17.8 Å². The number of fused-ring (bicyclic) bond motifs is 1. The summed E-state index contributed by atoms with van der Waals surface area (Å²) in [5.41, 5.74) is 1.15. The van der Waals surface area contributed by atoms with E-state index < -0.39 is 5.60 Å². The molecule has 0 spiro atoms. The van der Waals surface area contributed by atoms with Gasteiger partial charge in [-0.05, 0) is 76.1 Å². The van der Waals surface area contributed by atoms with Gasteiger partial charge in [0.15, 0.2) is 5.82 Å². The summed E-state index contributed by atoms with van der Waals surface area (Å²) < 4.78 is 15.0. The van der Waals surface area contributed by atoms with Gasteiger partial charge in [0.25, 0.3) is 0 Å². The number of carbonyl (C=O) groups excluding carboxylic acids is 1. The molecule has 0 saturated carbocycles. The number of likely N-dealkylation sites (tertiary alicyclic amines) is 1. The van der Waals surface area contributed by atoms with E-state index in [0.717, 1.165) is 18.6 Å². The monoisotopic (exact) mass is 556 g/mol. The van der Waals surface area contributed by atoms with Crippen LogP contribution in [0, 0.1) is 0 Å². The molecule has 1 unspecified atom stereocenters. The highest BCUT2D eigenvalue weighted by molar-refractivity contribution is 5.88. The Morgan fingerprint density at radius 3 is 2.44 bits per heavy atom. The number of piperidine rings is 1. The van der Waals surface area contributed by atoms with Crippen LogP contribution in [0.2, 0.25) is 0 Å². The van der Waals surface area contributed by atoms with Gasteiger partial charge in [0.2, 0.25) is 0 Å². The number of nitrogens with zero attached hydrogens (tertiary/aromatic N) is 6. The number of hydrogen-bond acceptors (Lipinski definition) is 6. The topological polar surface area (TPSA) is 94.2 Å². The molecule has 1 aliphatic rings. The summed E-state index contributed by atoms with van der Waals surface area (Å²) in [6, 6.07) is 18.5. The van der Waals surface area contributed by atoms with Gasteiger partial charge in [-0.2, -0.15) is 0 Å². The fraction of sp³-hybridized carbons (Fsp3) is 0.355. The second kappa shape index (κ2) is 11.5. The normalized spacial score (nSPS) is 15.8. The molecule has 2 aromatic heterocycles. The van der Waals surface area contributed by atoms with Crippen molar-refractivity contribution >= 4 is 29.3 Å². The highest BCUT2D eigenvalue weighted by atomic mass is 16.6. The molecule has 0 N–H and O–H groups in total. The predicted molar refractivity (Wildman–Crippen MR) is 160 cm³/mol. The smallest absolute Gasteiger partial charge is 0.410 e. The van der Waals surface area contributed by atoms with Crippen LogP contribution < -0.4 is 10.4 Å². The summed E-state index contributed by atoms with van der Waals surface area (Å²) in [5, 5.41) is 0. The molecule has 1 aliphatic heterocycles. The van der Waals surface area contributed by atoms with Gasteiger partial charge in [-0.1, -0.05) is 18.2 Å². The summed E-state index contributed by atoms with van der Waals surface area (Å²) >= 11 is 0. The molecule has 3 heterocycles. The van der Waals surface area contributed by atoms with E-state index in [4.69, 9.17) is 9.47 Å². The molecular formula is C31H36N6O4. The minimum absolute atomic E-state index is 0.220. The highest BCUT2D eigenvalue weighted by Gasteiger charge is 2.31. The number of benzene rings is 2. The van der Waals surface area contributed by atoms with E-state index in [0.29, 0.717) is 41.4 Å². The zero-order valence-corrected chi connectivity index (χ0v) is 24.2. The van der Waals surface area contributed by atoms with Crippen molar-refractivity contribution in [3.05, 3.63) is 77.3 Å². The van der Waals surface area contributed by atoms with Crippen molar-refractivity contribution in [1.29, 1.82) is 0 Å². The number of hydrogen-bond donors (Lipinski definition) is 0. The first kappa shape index (κ1) is 27.9. The number of carbonyl (C=O) groups is 1. The van der Waals surface area contributed by atoms with Crippen LogP contribution in [0.15, 0.2) is 76.6 Å². The first-order valence-corrected chi connectivity index (χ1v) is 13.7. The SMILES string of the molecule is CN(C)C=Nc1nccc2c1n(-c1ccc(Oc3ccccc3)cc1)c(=O)n2C1CCCN(C(=O)OC(C)(C)C)C1. The summed E-state index contributed by atoms with van der Waals surface area (Å²) in [7, 11) is 3.75. The fourth-order valence-electron chi connectivity index (χ4n) is 4.95. The van der Waals surface area contributed by atoms with Crippen LogP contribution in [0.25, 0.3) is 16.7 Å². The molecule has 1 saturated heterocycles. The molecule has 1 fully saturated rings. The van der Waals surface area contributed by atoms with Crippen LogP contribution in [0.5, 0.6) is 11.5 Å². The van der Waals surface area contributed by atoms with Gasteiger partial charge in [-0.25, -0.2) is 19.6 Å². The van der Waals surface area contributed by atoms with Crippen LogP contribution >= 0.6 is 0 Å². The van der Waals surface area contributed by atoms with E-state index in [2.05, 4.69) is 9.98 Å². The molecule has 2 aromatic carbocycles. The van der Waals surface area contributed by atoms with Crippen LogP contribution in [0.3, 0.4) is 0 Å². The van der Waals surface area contributed by atoms with Gasteiger partial charge in [0.1, 0.15) is 22.6 Å². The van der Waals surface area contributed by atoms with Crippen LogP contribution in [-0.4, -0.2) is 69.1 Å². The number of ether oxygens (including phenoxy) is 2. The number of pyridine rings is 1. The maximum Gasteiger partial charge on any atom is 0.410 e. The lowest BCUT2D eigenvalue weighted by Crippen LogP contribution is -2.45. The number of para-hydroxylation sites is 1. The van der Waals surface area contributed by atoms with Crippen molar-refractivity contribution in [3.63, 3.8) is 0 Å². The molecule has 5 rings (SSSR count). The van der Waals surface area contributed by atoms with Crippen molar-refractivity contribution in [3.8, 4) is 17.2 Å². The first-order valence-electron chi connectivity index (χ1n) is 13.7. The van der Waals surface area contributed by atoms with E-state index in [9.17, 15) is 9.59 Å². The summed E-state index contributed by atoms with van der Waals surface area (Å²) in [5.74, 6) is 1.81. The van der Waals surface area contributed by atoms with Crippen LogP contribution in [0.1, 0.15) is 39.7 Å². The molecule has 4 aromatic rings. The van der Waals surface area contributed by atoms with E-state index in [1.54, 1.807) is 26.6 Å². The Kier molecular flexibility index (Phi) is 7.83. The third-order valence-corrected chi connectivity index (χ3v) is 6.66. The van der Waals surface area contributed by atoms with Gasteiger partial charge in [0, 0.05) is 33.4 Å². The predicted octanol–water partition coefficient (Wildman–Crippen LogP) is 5.77. The molecule has 214 valence electrons. The van der Waals surface area contributed by atoms with Crippen molar-refractivity contribution in [2.24, 2.45) is 4.99 Å². The Morgan fingerprint density at radius 2 is 1.76 bits per heavy atom. The van der Waals surface area contributed by atoms with Crippen LogP contribution in [-0.2, 0) is 4.74 Å². The van der Waals surface area contributed by atoms with E-state index in [1.807, 2.05) is 100 Å². The minimum Gasteiger partial charge on any atom is -0.457 e. The lowest BCUT2D eigenvalue weighted by atomic mass is 10.1. The van der Waals surface area contributed by atoms with Gasteiger partial charge >= 0.3 is 11.8 Å². The maximum atomic E-state index is 14.2. The second-order valence-corrected chi connectivity index (χ2v) is 11.3. The van der Waals surface area contributed by atoms with Gasteiger partial charge in [-0.3, -0.25) is 9.13 Å². The average Bonchev–Trinajstić information content (AvgIpc) is 3.24. The third kappa shape index (κ3) is 6.26. The van der Waals surface area contributed by atoms with Gasteiger partial charge in [0.05, 0.1) is 23.6 Å². The Labute approximate surface area is 239 Å². The zero-order chi connectivity index (χ0) is 29.1. The second-order valence-electron chi connectivity index (χ2n) is 11.3. The van der Waals surface area contributed by atoms with Crippen LogP contribution in [0.4, 0.5) is 10.6 Å². The Balaban J connectivity index is 1.58. The maximum absolute atomic E-state index is 14.2. The first-order chi connectivity index (χ1) is 19.6. The number of aliphatic imine (C=N–C) groups is 1. The number of amides is 1. The summed E-state index contributed by atoms with van der Waals surface area (Å²) in [4.78, 5) is 39.7. The number of aromatic nitrogens is 3. The highest BCUT2D eigenvalue weighted by Crippen LogP contribution is 2.31. The number of imidazole rings is 1. The quantitative estimate of drug-likeness (QED) is 0.221. The van der Waals surface area contributed by atoms with Crippen molar-refractivity contribution in [2.45, 2.75) is 45.3 Å². The van der Waals surface area contributed by atoms with Gasteiger partial charge in [-0.15, -0.1) is 0 Å². The Hall–Kier alpha value is -4.60. The van der Waals surface area contributed by atoms with E-state index in [1.165, 1.54) is 0 Å². The largest absolute Gasteiger partial charge is 0.457 e. The zero-order valence-electron chi connectivity index (χ0n) is 24.2. The Bertz CT molecular complexity index is 1600. The minimum atomic E-state index is -0.599. The lowest BCUT2D eigenvalue weighted by Gasteiger charge is -2.34. The molecule has 0 aliphatic carbocycles. The molecule has 1 amide bonds. The average molecular weight is 557 g/mol.